The number of aliphatic imine (C=N–C) groups is 1. The number of allylic oxidation sites excluding steroid dienone is 1. The molecule has 148 valence electrons. The first-order valence-corrected chi connectivity index (χ1v) is 10.1. The van der Waals surface area contributed by atoms with E-state index in [1.807, 2.05) is 32.9 Å². The van der Waals surface area contributed by atoms with Crippen LogP contribution in [0.3, 0.4) is 0 Å². The van der Waals surface area contributed by atoms with Gasteiger partial charge in [0.1, 0.15) is 11.6 Å². The zero-order valence-electron chi connectivity index (χ0n) is 17.3. The molecule has 1 aliphatic heterocycles. The van der Waals surface area contributed by atoms with Crippen molar-refractivity contribution in [2.45, 2.75) is 72.8 Å². The van der Waals surface area contributed by atoms with Gasteiger partial charge in [0.25, 0.3) is 0 Å². The molecule has 27 heavy (non-hydrogen) atoms. The van der Waals surface area contributed by atoms with Crippen molar-refractivity contribution in [3.63, 3.8) is 0 Å². The third-order valence-corrected chi connectivity index (χ3v) is 5.01. The highest BCUT2D eigenvalue weighted by molar-refractivity contribution is 6.04. The number of hydrogen-bond acceptors (Lipinski definition) is 3. The molecule has 1 aromatic carbocycles. The lowest BCUT2D eigenvalue weighted by molar-refractivity contribution is -0.118. The van der Waals surface area contributed by atoms with Crippen LogP contribution in [0.25, 0.3) is 0 Å². The molecule has 4 heteroatoms. The SMILES string of the molecule is CC.CC(=O)CC(C)COC1CCC2=C(C1)N=C(c1ccc(C)c(F)c1)C2. The number of aryl methyl sites for hydroxylation is 1. The number of carbonyl (C=O) groups is 1. The van der Waals surface area contributed by atoms with E-state index in [1.165, 1.54) is 5.57 Å². The zero-order chi connectivity index (χ0) is 20.0. The van der Waals surface area contributed by atoms with Crippen LogP contribution in [0, 0.1) is 18.7 Å². The first-order valence-electron chi connectivity index (χ1n) is 10.1. The molecule has 3 nitrogen and oxygen atoms in total. The summed E-state index contributed by atoms with van der Waals surface area (Å²) in [5.74, 6) is 0.289. The summed E-state index contributed by atoms with van der Waals surface area (Å²) in [5.41, 5.74) is 4.99. The topological polar surface area (TPSA) is 38.7 Å². The molecule has 0 N–H and O–H groups in total. The van der Waals surface area contributed by atoms with Crippen molar-refractivity contribution in [2.75, 3.05) is 6.61 Å². The third kappa shape index (κ3) is 5.83. The fourth-order valence-corrected chi connectivity index (χ4v) is 3.59. The Morgan fingerprint density at radius 3 is 2.78 bits per heavy atom. The largest absolute Gasteiger partial charge is 0.378 e. The predicted octanol–water partition coefficient (Wildman–Crippen LogP) is 5.79. The summed E-state index contributed by atoms with van der Waals surface area (Å²) in [4.78, 5) is 15.9. The highest BCUT2D eigenvalue weighted by Gasteiger charge is 2.27. The molecule has 0 bridgehead atoms. The van der Waals surface area contributed by atoms with E-state index in [0.717, 1.165) is 42.7 Å². The van der Waals surface area contributed by atoms with E-state index in [-0.39, 0.29) is 23.6 Å². The van der Waals surface area contributed by atoms with Crippen molar-refractivity contribution in [2.24, 2.45) is 10.9 Å². The maximum absolute atomic E-state index is 13.8. The number of hydrogen-bond donors (Lipinski definition) is 0. The minimum Gasteiger partial charge on any atom is -0.378 e. The Hall–Kier alpha value is -1.81. The van der Waals surface area contributed by atoms with Crippen LogP contribution in [-0.2, 0) is 9.53 Å². The van der Waals surface area contributed by atoms with Crippen LogP contribution in [0.5, 0.6) is 0 Å². The fourth-order valence-electron chi connectivity index (χ4n) is 3.59. The molecule has 1 aromatic rings. The molecule has 0 aromatic heterocycles. The Bertz CT molecular complexity index is 736. The standard InChI is InChI=1S/C21H26FNO2.C2H6/c1-13(8-15(3)24)12-25-18-7-6-17-10-20(23-21(17)11-18)16-5-4-14(2)19(22)9-16;1-2/h4-5,9,13,18H,6-8,10-12H2,1-3H3;1-2H3. The lowest BCUT2D eigenvalue weighted by Crippen LogP contribution is -2.21. The van der Waals surface area contributed by atoms with Crippen molar-refractivity contribution in [1.29, 1.82) is 0 Å². The van der Waals surface area contributed by atoms with Gasteiger partial charge >= 0.3 is 0 Å². The predicted molar refractivity (Wildman–Crippen MR) is 109 cm³/mol. The lowest BCUT2D eigenvalue weighted by Gasteiger charge is -2.24. The summed E-state index contributed by atoms with van der Waals surface area (Å²) >= 11 is 0. The van der Waals surface area contributed by atoms with Crippen molar-refractivity contribution in [1.82, 2.24) is 0 Å². The van der Waals surface area contributed by atoms with Gasteiger partial charge < -0.3 is 9.53 Å². The van der Waals surface area contributed by atoms with Crippen LogP contribution in [-0.4, -0.2) is 24.2 Å². The number of rotatable bonds is 6. The Labute approximate surface area is 162 Å². The van der Waals surface area contributed by atoms with Gasteiger partial charge in [-0.1, -0.05) is 32.9 Å². The quantitative estimate of drug-likeness (QED) is 0.633. The van der Waals surface area contributed by atoms with Crippen LogP contribution in [0.2, 0.25) is 0 Å². The molecule has 2 atom stereocenters. The van der Waals surface area contributed by atoms with Gasteiger partial charge in [-0.3, -0.25) is 4.99 Å². The highest BCUT2D eigenvalue weighted by Crippen LogP contribution is 2.36. The molecule has 0 saturated carbocycles. The Balaban J connectivity index is 0.00000126. The minimum atomic E-state index is -0.175. The Kier molecular flexibility index (Phi) is 7.91. The van der Waals surface area contributed by atoms with E-state index >= 15 is 0 Å². The third-order valence-electron chi connectivity index (χ3n) is 5.01. The number of halogens is 1. The van der Waals surface area contributed by atoms with Gasteiger partial charge in [-0.05, 0) is 55.4 Å². The number of ether oxygens (including phenoxy) is 1. The van der Waals surface area contributed by atoms with E-state index in [4.69, 9.17) is 9.73 Å². The summed E-state index contributed by atoms with van der Waals surface area (Å²) in [6, 6.07) is 5.35. The molecule has 0 saturated heterocycles. The van der Waals surface area contributed by atoms with Crippen molar-refractivity contribution >= 4 is 11.5 Å². The average molecular weight is 374 g/mol. The van der Waals surface area contributed by atoms with Crippen LogP contribution in [0.15, 0.2) is 34.5 Å². The van der Waals surface area contributed by atoms with E-state index in [0.29, 0.717) is 18.6 Å². The van der Waals surface area contributed by atoms with E-state index in [2.05, 4.69) is 0 Å². The summed E-state index contributed by atoms with van der Waals surface area (Å²) in [5, 5.41) is 0. The van der Waals surface area contributed by atoms with E-state index in [9.17, 15) is 9.18 Å². The van der Waals surface area contributed by atoms with Gasteiger partial charge in [0, 0.05) is 31.6 Å². The van der Waals surface area contributed by atoms with Gasteiger partial charge in [0.15, 0.2) is 0 Å². The normalized spacial score (nSPS) is 19.8. The maximum atomic E-state index is 13.8. The van der Waals surface area contributed by atoms with Crippen molar-refractivity contribution in [3.8, 4) is 0 Å². The summed E-state index contributed by atoms with van der Waals surface area (Å²) < 4.78 is 19.8. The smallest absolute Gasteiger partial charge is 0.130 e. The summed E-state index contributed by atoms with van der Waals surface area (Å²) in [6.45, 7) is 10.1. The van der Waals surface area contributed by atoms with Crippen LogP contribution in [0.1, 0.15) is 70.9 Å². The first-order chi connectivity index (χ1) is 12.9. The van der Waals surface area contributed by atoms with Crippen LogP contribution >= 0.6 is 0 Å². The monoisotopic (exact) mass is 373 g/mol. The Morgan fingerprint density at radius 1 is 1.37 bits per heavy atom. The molecule has 0 radical (unpaired) electrons. The molecule has 2 aliphatic rings. The second kappa shape index (κ2) is 9.93. The lowest BCUT2D eigenvalue weighted by atomic mass is 9.92. The number of benzene rings is 1. The number of Topliss-reactive ketones (excluding diaryl/α,β-unsaturated/α-hetero) is 1. The van der Waals surface area contributed by atoms with Gasteiger partial charge in [-0.2, -0.15) is 0 Å². The van der Waals surface area contributed by atoms with Gasteiger partial charge in [-0.15, -0.1) is 0 Å². The molecular weight excluding hydrogens is 341 g/mol. The van der Waals surface area contributed by atoms with E-state index < -0.39 is 0 Å². The van der Waals surface area contributed by atoms with Crippen LogP contribution < -0.4 is 0 Å². The van der Waals surface area contributed by atoms with Crippen LogP contribution in [0.4, 0.5) is 4.39 Å². The average Bonchev–Trinajstić information content (AvgIpc) is 3.06. The zero-order valence-corrected chi connectivity index (χ0v) is 17.3. The van der Waals surface area contributed by atoms with Gasteiger partial charge in [-0.25, -0.2) is 4.39 Å². The molecule has 0 fully saturated rings. The molecule has 0 spiro atoms. The summed E-state index contributed by atoms with van der Waals surface area (Å²) in [7, 11) is 0. The second-order valence-electron chi connectivity index (χ2n) is 7.46. The van der Waals surface area contributed by atoms with Gasteiger partial charge in [0.2, 0.25) is 0 Å². The fraction of sp³-hybridized carbons (Fsp3) is 0.565. The second-order valence-corrected chi connectivity index (χ2v) is 7.46. The first kappa shape index (κ1) is 21.5. The Morgan fingerprint density at radius 2 is 2.11 bits per heavy atom. The molecule has 0 amide bonds. The highest BCUT2D eigenvalue weighted by atomic mass is 19.1. The van der Waals surface area contributed by atoms with Crippen molar-refractivity contribution in [3.05, 3.63) is 46.4 Å². The molecule has 3 rings (SSSR count). The molecule has 1 aliphatic carbocycles. The van der Waals surface area contributed by atoms with E-state index in [1.54, 1.807) is 19.9 Å². The maximum Gasteiger partial charge on any atom is 0.130 e. The number of carbonyl (C=O) groups excluding carboxylic acids is 1. The minimum absolute atomic E-state index is 0.172. The summed E-state index contributed by atoms with van der Waals surface area (Å²) in [6.07, 6.45) is 4.37. The molecule has 1 heterocycles. The number of nitrogens with zero attached hydrogens (tertiary/aromatic N) is 1. The van der Waals surface area contributed by atoms with Gasteiger partial charge in [0.05, 0.1) is 11.8 Å². The van der Waals surface area contributed by atoms with Crippen molar-refractivity contribution < 1.29 is 13.9 Å². The number of ketones is 1. The molecular formula is C23H32FNO2. The molecule has 2 unspecified atom stereocenters.